The van der Waals surface area contributed by atoms with Gasteiger partial charge in [-0.1, -0.05) is 48.0 Å². The first-order valence-electron chi connectivity index (χ1n) is 7.74. The summed E-state index contributed by atoms with van der Waals surface area (Å²) in [6.07, 6.45) is 3.33. The maximum absolute atomic E-state index is 5.89. The van der Waals surface area contributed by atoms with E-state index in [0.717, 1.165) is 31.6 Å². The molecule has 2 aromatic rings. The molecule has 0 aliphatic carbocycles. The number of ether oxygens (including phenoxy) is 1. The van der Waals surface area contributed by atoms with Crippen molar-refractivity contribution >= 4 is 0 Å². The van der Waals surface area contributed by atoms with Crippen molar-refractivity contribution in [3.05, 3.63) is 65.7 Å². The topological polar surface area (TPSA) is 35.2 Å². The summed E-state index contributed by atoms with van der Waals surface area (Å²) < 4.78 is 5.75. The molecule has 21 heavy (non-hydrogen) atoms. The predicted octanol–water partition coefficient (Wildman–Crippen LogP) is 4.29. The van der Waals surface area contributed by atoms with Gasteiger partial charge >= 0.3 is 0 Å². The van der Waals surface area contributed by atoms with E-state index in [4.69, 9.17) is 10.5 Å². The summed E-state index contributed by atoms with van der Waals surface area (Å²) in [7, 11) is 0. The zero-order valence-corrected chi connectivity index (χ0v) is 12.8. The van der Waals surface area contributed by atoms with Crippen molar-refractivity contribution in [2.75, 3.05) is 13.2 Å². The number of rotatable bonds is 8. The molecule has 2 rings (SSSR count). The third-order valence-corrected chi connectivity index (χ3v) is 3.79. The first kappa shape index (κ1) is 15.6. The van der Waals surface area contributed by atoms with Crippen molar-refractivity contribution in [1.82, 2.24) is 0 Å². The molecular formula is C19H25NO. The molecule has 1 unspecified atom stereocenters. The van der Waals surface area contributed by atoms with Crippen LogP contribution in [-0.2, 0) is 0 Å². The average molecular weight is 283 g/mol. The summed E-state index contributed by atoms with van der Waals surface area (Å²) >= 11 is 0. The number of nitrogens with two attached hydrogens (primary N) is 1. The standard InChI is InChI=1S/C19H25NO/c1-16-10-12-19(13-11-16)21-14-6-5-9-18(15-20)17-7-3-2-4-8-17/h2-4,7-8,10-13,18H,5-6,9,14-15,20H2,1H3. The minimum absolute atomic E-state index is 0.463. The Morgan fingerprint density at radius 1 is 0.952 bits per heavy atom. The van der Waals surface area contributed by atoms with Crippen molar-refractivity contribution in [2.45, 2.75) is 32.1 Å². The summed E-state index contributed by atoms with van der Waals surface area (Å²) in [6.45, 7) is 3.57. The van der Waals surface area contributed by atoms with Crippen LogP contribution < -0.4 is 10.5 Å². The molecule has 0 aliphatic rings. The summed E-state index contributed by atoms with van der Waals surface area (Å²) in [5, 5.41) is 0. The molecule has 112 valence electrons. The normalized spacial score (nSPS) is 12.1. The van der Waals surface area contributed by atoms with Crippen LogP contribution >= 0.6 is 0 Å². The second kappa shape index (κ2) is 8.48. The van der Waals surface area contributed by atoms with Gasteiger partial charge in [-0.3, -0.25) is 0 Å². The molecule has 0 spiro atoms. The monoisotopic (exact) mass is 283 g/mol. The summed E-state index contributed by atoms with van der Waals surface area (Å²) in [5.41, 5.74) is 8.50. The van der Waals surface area contributed by atoms with Crippen LogP contribution in [-0.4, -0.2) is 13.2 Å². The lowest BCUT2D eigenvalue weighted by Crippen LogP contribution is -2.12. The van der Waals surface area contributed by atoms with Gasteiger partial charge in [0.05, 0.1) is 6.61 Å². The molecule has 0 radical (unpaired) electrons. The van der Waals surface area contributed by atoms with E-state index in [1.165, 1.54) is 11.1 Å². The number of hydrogen-bond donors (Lipinski definition) is 1. The van der Waals surface area contributed by atoms with Crippen LogP contribution in [0.5, 0.6) is 5.75 Å². The highest BCUT2D eigenvalue weighted by molar-refractivity contribution is 5.26. The third kappa shape index (κ3) is 5.24. The van der Waals surface area contributed by atoms with Crippen LogP contribution in [0.25, 0.3) is 0 Å². The molecule has 0 saturated heterocycles. The molecule has 1 atom stereocenters. The van der Waals surface area contributed by atoms with Gasteiger partial charge in [0, 0.05) is 0 Å². The number of hydrogen-bond acceptors (Lipinski definition) is 2. The van der Waals surface area contributed by atoms with Crippen LogP contribution in [0, 0.1) is 6.92 Å². The first-order chi connectivity index (χ1) is 10.3. The minimum Gasteiger partial charge on any atom is -0.494 e. The Kier molecular flexibility index (Phi) is 6.29. The Morgan fingerprint density at radius 3 is 2.33 bits per heavy atom. The quantitative estimate of drug-likeness (QED) is 0.734. The van der Waals surface area contributed by atoms with Crippen LogP contribution in [0.2, 0.25) is 0 Å². The fourth-order valence-electron chi connectivity index (χ4n) is 2.46. The molecule has 0 aromatic heterocycles. The van der Waals surface area contributed by atoms with Crippen molar-refractivity contribution in [1.29, 1.82) is 0 Å². The Balaban J connectivity index is 1.68. The van der Waals surface area contributed by atoms with Crippen LogP contribution in [0.1, 0.15) is 36.3 Å². The Labute approximate surface area is 127 Å². The van der Waals surface area contributed by atoms with Gasteiger partial charge in [-0.15, -0.1) is 0 Å². The number of aryl methyl sites for hydroxylation is 1. The lowest BCUT2D eigenvalue weighted by atomic mass is 9.94. The van der Waals surface area contributed by atoms with E-state index >= 15 is 0 Å². The first-order valence-corrected chi connectivity index (χ1v) is 7.74. The van der Waals surface area contributed by atoms with Crippen molar-refractivity contribution in [3.63, 3.8) is 0 Å². The van der Waals surface area contributed by atoms with Gasteiger partial charge in [0.1, 0.15) is 5.75 Å². The molecule has 0 fully saturated rings. The molecule has 2 aromatic carbocycles. The highest BCUT2D eigenvalue weighted by Crippen LogP contribution is 2.21. The van der Waals surface area contributed by atoms with Crippen molar-refractivity contribution < 1.29 is 4.74 Å². The zero-order chi connectivity index (χ0) is 14.9. The van der Waals surface area contributed by atoms with E-state index < -0.39 is 0 Å². The van der Waals surface area contributed by atoms with E-state index in [0.29, 0.717) is 12.5 Å². The second-order valence-electron chi connectivity index (χ2n) is 5.50. The Morgan fingerprint density at radius 2 is 1.67 bits per heavy atom. The van der Waals surface area contributed by atoms with Gasteiger partial charge < -0.3 is 10.5 Å². The lowest BCUT2D eigenvalue weighted by molar-refractivity contribution is 0.303. The Bertz CT molecular complexity index is 507. The molecule has 2 heteroatoms. The lowest BCUT2D eigenvalue weighted by Gasteiger charge is -2.15. The smallest absolute Gasteiger partial charge is 0.119 e. The SMILES string of the molecule is Cc1ccc(OCCCCC(CN)c2ccccc2)cc1. The molecule has 2 N–H and O–H groups in total. The number of unbranched alkanes of at least 4 members (excludes halogenated alkanes) is 1. The van der Waals surface area contributed by atoms with E-state index in [1.807, 2.05) is 18.2 Å². The predicted molar refractivity (Wildman–Crippen MR) is 88.8 cm³/mol. The minimum atomic E-state index is 0.463. The summed E-state index contributed by atoms with van der Waals surface area (Å²) in [5.74, 6) is 1.42. The van der Waals surface area contributed by atoms with Gasteiger partial charge in [0.25, 0.3) is 0 Å². The number of benzene rings is 2. The maximum atomic E-state index is 5.89. The van der Waals surface area contributed by atoms with Gasteiger partial charge in [-0.2, -0.15) is 0 Å². The van der Waals surface area contributed by atoms with Gasteiger partial charge in [0.15, 0.2) is 0 Å². The summed E-state index contributed by atoms with van der Waals surface area (Å²) in [4.78, 5) is 0. The second-order valence-corrected chi connectivity index (χ2v) is 5.50. The highest BCUT2D eigenvalue weighted by Gasteiger charge is 2.08. The van der Waals surface area contributed by atoms with E-state index in [2.05, 4.69) is 43.3 Å². The molecule has 0 amide bonds. The third-order valence-electron chi connectivity index (χ3n) is 3.79. The summed E-state index contributed by atoms with van der Waals surface area (Å²) in [6, 6.07) is 18.8. The molecule has 2 nitrogen and oxygen atoms in total. The van der Waals surface area contributed by atoms with Crippen LogP contribution in [0.3, 0.4) is 0 Å². The van der Waals surface area contributed by atoms with Crippen LogP contribution in [0.15, 0.2) is 54.6 Å². The maximum Gasteiger partial charge on any atom is 0.119 e. The van der Waals surface area contributed by atoms with E-state index in [1.54, 1.807) is 0 Å². The van der Waals surface area contributed by atoms with E-state index in [-0.39, 0.29) is 0 Å². The fourth-order valence-corrected chi connectivity index (χ4v) is 2.46. The average Bonchev–Trinajstić information content (AvgIpc) is 2.53. The van der Waals surface area contributed by atoms with Gasteiger partial charge in [0.2, 0.25) is 0 Å². The zero-order valence-electron chi connectivity index (χ0n) is 12.8. The van der Waals surface area contributed by atoms with Crippen molar-refractivity contribution in [3.8, 4) is 5.75 Å². The molecular weight excluding hydrogens is 258 g/mol. The van der Waals surface area contributed by atoms with E-state index in [9.17, 15) is 0 Å². The van der Waals surface area contributed by atoms with Gasteiger partial charge in [-0.05, 0) is 56.3 Å². The Hall–Kier alpha value is -1.80. The van der Waals surface area contributed by atoms with Crippen molar-refractivity contribution in [2.24, 2.45) is 5.73 Å². The molecule has 0 saturated carbocycles. The van der Waals surface area contributed by atoms with Crippen LogP contribution in [0.4, 0.5) is 0 Å². The molecule has 0 bridgehead atoms. The molecule has 0 aliphatic heterocycles. The van der Waals surface area contributed by atoms with Gasteiger partial charge in [-0.25, -0.2) is 0 Å². The highest BCUT2D eigenvalue weighted by atomic mass is 16.5. The largest absolute Gasteiger partial charge is 0.494 e. The molecule has 0 heterocycles. The fraction of sp³-hybridized carbons (Fsp3) is 0.368.